The van der Waals surface area contributed by atoms with Gasteiger partial charge in [0.05, 0.1) is 16.3 Å². The quantitative estimate of drug-likeness (QED) is 0.542. The molecule has 0 aromatic heterocycles. The van der Waals surface area contributed by atoms with Gasteiger partial charge in [0.15, 0.2) is 0 Å². The van der Waals surface area contributed by atoms with Crippen molar-refractivity contribution < 1.29 is 8.42 Å². The minimum atomic E-state index is -3.69. The van der Waals surface area contributed by atoms with E-state index in [-0.39, 0.29) is 4.90 Å². The molecular weight excluding hydrogens is 250 g/mol. The van der Waals surface area contributed by atoms with Crippen molar-refractivity contribution in [1.29, 1.82) is 0 Å². The lowest BCUT2D eigenvalue weighted by molar-refractivity contribution is 0.567. The van der Waals surface area contributed by atoms with Crippen LogP contribution in [0.2, 0.25) is 0 Å². The van der Waals surface area contributed by atoms with Crippen LogP contribution in [0.5, 0.6) is 0 Å². The van der Waals surface area contributed by atoms with Gasteiger partial charge in [0, 0.05) is 6.54 Å². The van der Waals surface area contributed by atoms with Crippen LogP contribution in [-0.2, 0) is 10.0 Å². The fraction of sp³-hybridized carbons (Fsp3) is 0.500. The van der Waals surface area contributed by atoms with Crippen LogP contribution in [0.4, 0.5) is 11.4 Å². The Labute approximate surface area is 109 Å². The van der Waals surface area contributed by atoms with E-state index < -0.39 is 10.0 Å². The van der Waals surface area contributed by atoms with Crippen LogP contribution in [0.25, 0.3) is 0 Å². The highest BCUT2D eigenvalue weighted by atomic mass is 32.2. The first kappa shape index (κ1) is 14.8. The van der Waals surface area contributed by atoms with Crippen molar-refractivity contribution in [2.75, 3.05) is 17.6 Å². The van der Waals surface area contributed by atoms with Crippen molar-refractivity contribution in [2.45, 2.75) is 31.6 Å². The molecule has 0 aliphatic carbocycles. The van der Waals surface area contributed by atoms with E-state index in [9.17, 15) is 8.42 Å². The second-order valence-corrected chi connectivity index (χ2v) is 6.32. The number of benzene rings is 1. The van der Waals surface area contributed by atoms with Crippen LogP contribution in [0.3, 0.4) is 0 Å². The minimum absolute atomic E-state index is 0.0349. The summed E-state index contributed by atoms with van der Waals surface area (Å²) < 4.78 is 22.3. The van der Waals surface area contributed by atoms with Gasteiger partial charge in [-0.15, -0.1) is 0 Å². The van der Waals surface area contributed by atoms with Crippen LogP contribution >= 0.6 is 0 Å². The van der Waals surface area contributed by atoms with E-state index in [4.69, 9.17) is 10.9 Å². The van der Waals surface area contributed by atoms with Crippen LogP contribution in [-0.4, -0.2) is 15.0 Å². The van der Waals surface area contributed by atoms with E-state index in [1.807, 2.05) is 0 Å². The molecule has 0 aliphatic rings. The summed E-state index contributed by atoms with van der Waals surface area (Å²) in [5.74, 6) is 0.675. The topological polar surface area (TPSA) is 98.2 Å². The molecule has 1 aromatic carbocycles. The summed E-state index contributed by atoms with van der Waals surface area (Å²) in [6, 6.07) is 4.47. The van der Waals surface area contributed by atoms with E-state index in [1.54, 1.807) is 6.07 Å². The van der Waals surface area contributed by atoms with Crippen molar-refractivity contribution in [2.24, 2.45) is 11.1 Å². The summed E-state index contributed by atoms with van der Waals surface area (Å²) in [4.78, 5) is 0.0349. The highest BCUT2D eigenvalue weighted by Gasteiger charge is 2.09. The van der Waals surface area contributed by atoms with Gasteiger partial charge in [-0.25, -0.2) is 13.6 Å². The molecule has 5 N–H and O–H groups in total. The fourth-order valence-electron chi connectivity index (χ4n) is 1.61. The smallest absolute Gasteiger partial charge is 0.238 e. The van der Waals surface area contributed by atoms with Gasteiger partial charge >= 0.3 is 0 Å². The van der Waals surface area contributed by atoms with Gasteiger partial charge in [0.1, 0.15) is 0 Å². The molecule has 0 radical (unpaired) electrons. The molecule has 0 saturated heterocycles. The zero-order valence-electron chi connectivity index (χ0n) is 10.8. The van der Waals surface area contributed by atoms with Crippen LogP contribution in [0.1, 0.15) is 26.7 Å². The van der Waals surface area contributed by atoms with E-state index >= 15 is 0 Å². The largest absolute Gasteiger partial charge is 0.397 e. The molecule has 0 aliphatic heterocycles. The van der Waals surface area contributed by atoms with Crippen molar-refractivity contribution >= 4 is 21.4 Å². The summed E-state index contributed by atoms with van der Waals surface area (Å²) in [6.07, 6.45) is 2.19. The van der Waals surface area contributed by atoms with E-state index in [0.717, 1.165) is 25.1 Å². The van der Waals surface area contributed by atoms with Gasteiger partial charge in [-0.2, -0.15) is 0 Å². The maximum absolute atomic E-state index is 11.1. The molecule has 0 spiro atoms. The SMILES string of the molecule is CC(C)CCCNc1ccc(S(N)(=O)=O)cc1N. The third-order valence-corrected chi connectivity index (χ3v) is 3.54. The maximum atomic E-state index is 11.1. The number of rotatable bonds is 6. The van der Waals surface area contributed by atoms with Crippen molar-refractivity contribution in [1.82, 2.24) is 0 Å². The zero-order chi connectivity index (χ0) is 13.8. The number of nitrogens with one attached hydrogen (secondary N) is 1. The van der Waals surface area contributed by atoms with E-state index in [0.29, 0.717) is 11.6 Å². The van der Waals surface area contributed by atoms with E-state index in [2.05, 4.69) is 19.2 Å². The van der Waals surface area contributed by atoms with Crippen molar-refractivity contribution in [3.8, 4) is 0 Å². The Hall–Kier alpha value is -1.27. The molecule has 0 atom stereocenters. The van der Waals surface area contributed by atoms with Crippen molar-refractivity contribution in [3.63, 3.8) is 0 Å². The first-order valence-electron chi connectivity index (χ1n) is 5.97. The average molecular weight is 271 g/mol. The number of primary sulfonamides is 1. The molecule has 18 heavy (non-hydrogen) atoms. The lowest BCUT2D eigenvalue weighted by Gasteiger charge is -2.11. The lowest BCUT2D eigenvalue weighted by atomic mass is 10.1. The van der Waals surface area contributed by atoms with Gasteiger partial charge in [-0.1, -0.05) is 13.8 Å². The molecule has 0 unspecified atom stereocenters. The van der Waals surface area contributed by atoms with Crippen LogP contribution < -0.4 is 16.2 Å². The normalized spacial score (nSPS) is 11.8. The molecule has 5 nitrogen and oxygen atoms in total. The number of sulfonamides is 1. The van der Waals surface area contributed by atoms with Gasteiger partial charge in [0.25, 0.3) is 0 Å². The van der Waals surface area contributed by atoms with Gasteiger partial charge in [0.2, 0.25) is 10.0 Å². The predicted molar refractivity (Wildman–Crippen MR) is 74.8 cm³/mol. The van der Waals surface area contributed by atoms with E-state index in [1.165, 1.54) is 12.1 Å². The minimum Gasteiger partial charge on any atom is -0.397 e. The Morgan fingerprint density at radius 3 is 2.50 bits per heavy atom. The summed E-state index contributed by atoms with van der Waals surface area (Å²) in [7, 11) is -3.69. The zero-order valence-corrected chi connectivity index (χ0v) is 11.6. The number of anilines is 2. The first-order valence-corrected chi connectivity index (χ1v) is 7.51. The summed E-state index contributed by atoms with van der Waals surface area (Å²) in [6.45, 7) is 5.17. The first-order chi connectivity index (χ1) is 8.30. The van der Waals surface area contributed by atoms with Gasteiger partial charge in [-0.3, -0.25) is 0 Å². The second-order valence-electron chi connectivity index (χ2n) is 4.76. The molecule has 0 fully saturated rings. The monoisotopic (exact) mass is 271 g/mol. The third-order valence-electron chi connectivity index (χ3n) is 2.63. The lowest BCUT2D eigenvalue weighted by Crippen LogP contribution is -2.13. The van der Waals surface area contributed by atoms with Crippen LogP contribution in [0.15, 0.2) is 23.1 Å². The molecule has 0 amide bonds. The number of hydrogen-bond acceptors (Lipinski definition) is 4. The summed E-state index contributed by atoms with van der Waals surface area (Å²) >= 11 is 0. The number of nitrogens with two attached hydrogens (primary N) is 2. The van der Waals surface area contributed by atoms with Gasteiger partial charge < -0.3 is 11.1 Å². The fourth-order valence-corrected chi connectivity index (χ4v) is 2.16. The average Bonchev–Trinajstić information content (AvgIpc) is 2.24. The Bertz CT molecular complexity index is 498. The molecule has 1 rings (SSSR count). The molecular formula is C12H21N3O2S. The Kier molecular flexibility index (Phi) is 4.98. The molecule has 102 valence electrons. The standard InChI is InChI=1S/C12H21N3O2S/c1-9(2)4-3-7-15-12-6-5-10(8-11(12)13)18(14,16)17/h5-6,8-9,15H,3-4,7,13H2,1-2H3,(H2,14,16,17). The molecule has 6 heteroatoms. The highest BCUT2D eigenvalue weighted by molar-refractivity contribution is 7.89. The number of nitrogen functional groups attached to an aromatic ring is 1. The summed E-state index contributed by atoms with van der Waals surface area (Å²) in [5, 5.41) is 8.21. The molecule has 0 bridgehead atoms. The molecule has 0 heterocycles. The Morgan fingerprint density at radius 1 is 1.33 bits per heavy atom. The second kappa shape index (κ2) is 6.06. The van der Waals surface area contributed by atoms with Crippen LogP contribution in [0, 0.1) is 5.92 Å². The third kappa shape index (κ3) is 4.54. The van der Waals surface area contributed by atoms with Crippen molar-refractivity contribution in [3.05, 3.63) is 18.2 Å². The molecule has 1 aromatic rings. The maximum Gasteiger partial charge on any atom is 0.238 e. The van der Waals surface area contributed by atoms with Gasteiger partial charge in [-0.05, 0) is 37.0 Å². The number of hydrogen-bond donors (Lipinski definition) is 3. The Morgan fingerprint density at radius 2 is 2.00 bits per heavy atom. The predicted octanol–water partition coefficient (Wildman–Crippen LogP) is 1.76. The summed E-state index contributed by atoms with van der Waals surface area (Å²) in [5.41, 5.74) is 6.91. The molecule has 0 saturated carbocycles. The highest BCUT2D eigenvalue weighted by Crippen LogP contribution is 2.22. The Balaban J connectivity index is 2.64.